The Bertz CT molecular complexity index is 701. The quantitative estimate of drug-likeness (QED) is 0.657. The summed E-state index contributed by atoms with van der Waals surface area (Å²) in [6.45, 7) is 7.27. The Morgan fingerprint density at radius 3 is 2.24 bits per heavy atom. The van der Waals surface area contributed by atoms with Gasteiger partial charge in [-0.1, -0.05) is 19.1 Å². The van der Waals surface area contributed by atoms with Gasteiger partial charge in [-0.3, -0.25) is 4.79 Å². The first-order valence-electron chi connectivity index (χ1n) is 10.2. The van der Waals surface area contributed by atoms with Gasteiger partial charge in [0.2, 0.25) is 5.91 Å². The second kappa shape index (κ2) is 9.85. The molecule has 0 spiro atoms. The molecule has 7 heteroatoms. The third-order valence-electron chi connectivity index (χ3n) is 6.25. The maximum atomic E-state index is 12.8. The first-order valence-corrected chi connectivity index (χ1v) is 11.2. The summed E-state index contributed by atoms with van der Waals surface area (Å²) in [4.78, 5) is 29.1. The number of carbonyl (C=O) groups is 2. The zero-order chi connectivity index (χ0) is 21.7. The van der Waals surface area contributed by atoms with Crippen molar-refractivity contribution in [3.05, 3.63) is 29.8 Å². The average molecular weight is 423 g/mol. The van der Waals surface area contributed by atoms with E-state index in [1.807, 2.05) is 38.1 Å². The number of hydrogen-bond acceptors (Lipinski definition) is 5. The third-order valence-corrected chi connectivity index (χ3v) is 8.02. The number of likely N-dealkylation sites (tertiary alicyclic amines) is 1. The van der Waals surface area contributed by atoms with Gasteiger partial charge < -0.3 is 19.6 Å². The normalized spacial score (nSPS) is 18.7. The van der Waals surface area contributed by atoms with Gasteiger partial charge in [0.05, 0.1) is 11.9 Å². The number of thioether (sulfide) groups is 1. The van der Waals surface area contributed by atoms with E-state index in [1.54, 1.807) is 23.8 Å². The first kappa shape index (κ1) is 23.5. The summed E-state index contributed by atoms with van der Waals surface area (Å²) < 4.78 is 4.68. The Balaban J connectivity index is 2.46. The Labute approximate surface area is 178 Å². The highest BCUT2D eigenvalue weighted by Crippen LogP contribution is 2.50. The number of aliphatic carboxylic acids is 1. The number of amides is 1. The SMILES string of the molecule is CCN(C(C)=O)C(CC)(C(=O)O)C1(SCc2ccc(OC)cc2)CCN(C)CC1. The molecule has 2 rings (SSSR count). The van der Waals surface area contributed by atoms with Crippen LogP contribution in [0.4, 0.5) is 0 Å². The molecule has 29 heavy (non-hydrogen) atoms. The Hall–Kier alpha value is -1.73. The summed E-state index contributed by atoms with van der Waals surface area (Å²) >= 11 is 1.69. The number of carboxylic acid groups (broad SMARTS) is 1. The molecule has 1 amide bonds. The molecule has 1 aliphatic rings. The molecule has 1 fully saturated rings. The third kappa shape index (κ3) is 4.56. The molecule has 1 unspecified atom stereocenters. The Morgan fingerprint density at radius 1 is 1.24 bits per heavy atom. The number of likely N-dealkylation sites (N-methyl/N-ethyl adjacent to an activating group) is 1. The topological polar surface area (TPSA) is 70.1 Å². The van der Waals surface area contributed by atoms with Gasteiger partial charge in [0.1, 0.15) is 5.75 Å². The van der Waals surface area contributed by atoms with E-state index in [0.29, 0.717) is 18.7 Å². The highest BCUT2D eigenvalue weighted by atomic mass is 32.2. The lowest BCUT2D eigenvalue weighted by Crippen LogP contribution is -2.70. The van der Waals surface area contributed by atoms with Crippen LogP contribution >= 0.6 is 11.8 Å². The molecule has 1 aromatic rings. The van der Waals surface area contributed by atoms with Gasteiger partial charge in [-0.25, -0.2) is 4.79 Å². The Morgan fingerprint density at radius 2 is 1.83 bits per heavy atom. The van der Waals surface area contributed by atoms with Crippen LogP contribution in [0, 0.1) is 0 Å². The molecule has 0 aliphatic carbocycles. The van der Waals surface area contributed by atoms with E-state index in [9.17, 15) is 14.7 Å². The fourth-order valence-electron chi connectivity index (χ4n) is 4.58. The van der Waals surface area contributed by atoms with E-state index < -0.39 is 16.3 Å². The van der Waals surface area contributed by atoms with E-state index in [2.05, 4.69) is 11.9 Å². The number of ether oxygens (including phenoxy) is 1. The van der Waals surface area contributed by atoms with E-state index in [0.717, 1.165) is 37.2 Å². The van der Waals surface area contributed by atoms with Crippen molar-refractivity contribution in [2.24, 2.45) is 0 Å². The first-order chi connectivity index (χ1) is 13.8. The van der Waals surface area contributed by atoms with Crippen molar-refractivity contribution in [1.82, 2.24) is 9.80 Å². The maximum Gasteiger partial charge on any atom is 0.331 e. The van der Waals surface area contributed by atoms with Crippen molar-refractivity contribution in [3.63, 3.8) is 0 Å². The van der Waals surface area contributed by atoms with Crippen molar-refractivity contribution in [2.75, 3.05) is 33.8 Å². The van der Waals surface area contributed by atoms with E-state index in [1.165, 1.54) is 6.92 Å². The van der Waals surface area contributed by atoms with Crippen molar-refractivity contribution in [3.8, 4) is 5.75 Å². The van der Waals surface area contributed by atoms with Crippen molar-refractivity contribution < 1.29 is 19.4 Å². The fraction of sp³-hybridized carbons (Fsp3) is 0.636. The Kier molecular flexibility index (Phi) is 8.00. The zero-order valence-electron chi connectivity index (χ0n) is 18.2. The maximum absolute atomic E-state index is 12.8. The number of piperidine rings is 1. The van der Waals surface area contributed by atoms with Crippen LogP contribution in [-0.4, -0.2) is 70.9 Å². The monoisotopic (exact) mass is 422 g/mol. The van der Waals surface area contributed by atoms with Crippen LogP contribution in [0.3, 0.4) is 0 Å². The lowest BCUT2D eigenvalue weighted by Gasteiger charge is -2.55. The minimum absolute atomic E-state index is 0.180. The van der Waals surface area contributed by atoms with Crippen LogP contribution in [0.1, 0.15) is 45.6 Å². The minimum atomic E-state index is -1.23. The van der Waals surface area contributed by atoms with Crippen LogP contribution in [0.15, 0.2) is 24.3 Å². The summed E-state index contributed by atoms with van der Waals surface area (Å²) in [5, 5.41) is 10.5. The van der Waals surface area contributed by atoms with Crippen molar-refractivity contribution in [1.29, 1.82) is 0 Å². The van der Waals surface area contributed by atoms with Crippen LogP contribution in [0.5, 0.6) is 5.75 Å². The molecule has 1 heterocycles. The molecule has 1 saturated heterocycles. The van der Waals surface area contributed by atoms with E-state index in [-0.39, 0.29) is 5.91 Å². The molecule has 1 atom stereocenters. The van der Waals surface area contributed by atoms with E-state index >= 15 is 0 Å². The van der Waals surface area contributed by atoms with Gasteiger partial charge in [-0.05, 0) is 64.0 Å². The summed E-state index contributed by atoms with van der Waals surface area (Å²) in [7, 11) is 3.70. The predicted molar refractivity (Wildman–Crippen MR) is 117 cm³/mol. The van der Waals surface area contributed by atoms with Crippen LogP contribution in [0.2, 0.25) is 0 Å². The standard InChI is InChI=1S/C22H34N2O4S/c1-6-22(20(26)27,24(7-2)17(3)25)21(12-14-23(4)15-13-21)29-16-18-8-10-19(28-5)11-9-18/h8-11H,6-7,12-16H2,1-5H3,(H,26,27). The number of carboxylic acids is 1. The van der Waals surface area contributed by atoms with Gasteiger partial charge in [0.25, 0.3) is 0 Å². The molecule has 162 valence electrons. The van der Waals surface area contributed by atoms with E-state index in [4.69, 9.17) is 4.74 Å². The zero-order valence-corrected chi connectivity index (χ0v) is 19.1. The second-order valence-electron chi connectivity index (χ2n) is 7.72. The molecule has 1 N–H and O–H groups in total. The average Bonchev–Trinajstić information content (AvgIpc) is 2.71. The second-order valence-corrected chi connectivity index (χ2v) is 9.08. The van der Waals surface area contributed by atoms with Crippen LogP contribution in [-0.2, 0) is 15.3 Å². The molecule has 0 aromatic heterocycles. The molecule has 0 radical (unpaired) electrons. The van der Waals surface area contributed by atoms with Crippen LogP contribution in [0.25, 0.3) is 0 Å². The molecule has 0 bridgehead atoms. The molecule has 6 nitrogen and oxygen atoms in total. The summed E-state index contributed by atoms with van der Waals surface area (Å²) in [5.74, 6) is 0.414. The van der Waals surface area contributed by atoms with Gasteiger partial charge >= 0.3 is 5.97 Å². The highest BCUT2D eigenvalue weighted by Gasteiger charge is 2.60. The number of carbonyl (C=O) groups excluding carboxylic acids is 1. The number of benzene rings is 1. The van der Waals surface area contributed by atoms with Crippen LogP contribution < -0.4 is 4.74 Å². The number of rotatable bonds is 9. The summed E-state index contributed by atoms with van der Waals surface area (Å²) in [5.41, 5.74) is -0.109. The van der Waals surface area contributed by atoms with Gasteiger partial charge in [-0.2, -0.15) is 0 Å². The number of methoxy groups -OCH3 is 1. The van der Waals surface area contributed by atoms with Crippen molar-refractivity contribution in [2.45, 2.75) is 56.1 Å². The fourth-order valence-corrected chi connectivity index (χ4v) is 6.27. The summed E-state index contributed by atoms with van der Waals surface area (Å²) in [6.07, 6.45) is 1.84. The molecular weight excluding hydrogens is 388 g/mol. The molecule has 1 aliphatic heterocycles. The highest BCUT2D eigenvalue weighted by molar-refractivity contribution is 8.00. The lowest BCUT2D eigenvalue weighted by molar-refractivity contribution is -0.163. The molecule has 1 aromatic carbocycles. The molecule has 0 saturated carbocycles. The predicted octanol–water partition coefficient (Wildman–Crippen LogP) is 3.49. The number of nitrogens with zero attached hydrogens (tertiary/aromatic N) is 2. The van der Waals surface area contributed by atoms with Crippen molar-refractivity contribution >= 4 is 23.6 Å². The van der Waals surface area contributed by atoms with Gasteiger partial charge in [-0.15, -0.1) is 11.8 Å². The number of hydrogen-bond donors (Lipinski definition) is 1. The van der Waals surface area contributed by atoms with Gasteiger partial charge in [0, 0.05) is 19.2 Å². The molecular formula is C22H34N2O4S. The smallest absolute Gasteiger partial charge is 0.331 e. The minimum Gasteiger partial charge on any atom is -0.497 e. The summed E-state index contributed by atoms with van der Waals surface area (Å²) in [6, 6.07) is 7.89. The lowest BCUT2D eigenvalue weighted by atomic mass is 9.73. The van der Waals surface area contributed by atoms with Gasteiger partial charge in [0.15, 0.2) is 5.54 Å². The largest absolute Gasteiger partial charge is 0.497 e.